The monoisotopic (exact) mass is 228 g/mol. The molecule has 2 aliphatic rings. The lowest BCUT2D eigenvalue weighted by Gasteiger charge is -2.25. The van der Waals surface area contributed by atoms with Crippen LogP contribution in [0.25, 0.3) is 6.08 Å². The smallest absolute Gasteiger partial charge is 0.245 e. The molecule has 1 aromatic heterocycles. The summed E-state index contributed by atoms with van der Waals surface area (Å²) in [6.07, 6.45) is 6.01. The van der Waals surface area contributed by atoms with Crippen molar-refractivity contribution >= 4 is 12.0 Å². The Bertz CT molecular complexity index is 535. The van der Waals surface area contributed by atoms with E-state index in [1.165, 1.54) is 6.33 Å². The van der Waals surface area contributed by atoms with Crippen molar-refractivity contribution in [2.45, 2.75) is 12.5 Å². The molecule has 0 radical (unpaired) electrons. The van der Waals surface area contributed by atoms with Crippen LogP contribution in [0.5, 0.6) is 0 Å². The second-order valence-electron chi connectivity index (χ2n) is 4.24. The van der Waals surface area contributed by atoms with E-state index in [2.05, 4.69) is 27.2 Å². The highest BCUT2D eigenvalue weighted by molar-refractivity contribution is 5.89. The minimum Gasteiger partial charge on any atom is -0.327 e. The fourth-order valence-electron chi connectivity index (χ4n) is 2.17. The van der Waals surface area contributed by atoms with Crippen molar-refractivity contribution in [1.82, 2.24) is 20.6 Å². The van der Waals surface area contributed by atoms with Gasteiger partial charge in [-0.25, -0.2) is 9.97 Å². The van der Waals surface area contributed by atoms with Crippen LogP contribution in [-0.4, -0.2) is 28.5 Å². The molecule has 2 N–H and O–H groups in total. The Morgan fingerprint density at radius 2 is 2.35 bits per heavy atom. The zero-order valence-corrected chi connectivity index (χ0v) is 9.23. The number of piperazine rings is 1. The standard InChI is InChI=1S/C12H12N4O/c1-7-4-14-11(12(17)16-7)8-2-9-5-13-6-15-10(9)3-8/h3,5-6,11,14H,1-2,4H2,(H,16,17). The van der Waals surface area contributed by atoms with Gasteiger partial charge in [0.05, 0.1) is 5.69 Å². The molecule has 2 heterocycles. The Morgan fingerprint density at radius 1 is 1.47 bits per heavy atom. The maximum atomic E-state index is 11.8. The summed E-state index contributed by atoms with van der Waals surface area (Å²) in [6.45, 7) is 4.34. The van der Waals surface area contributed by atoms with E-state index < -0.39 is 0 Å². The van der Waals surface area contributed by atoms with E-state index in [1.807, 2.05) is 6.08 Å². The third kappa shape index (κ3) is 1.74. The second-order valence-corrected chi connectivity index (χ2v) is 4.24. The molecular formula is C12H12N4O. The Hall–Kier alpha value is -2.01. The van der Waals surface area contributed by atoms with Gasteiger partial charge in [0.2, 0.25) is 5.91 Å². The molecule has 1 saturated heterocycles. The molecule has 86 valence electrons. The van der Waals surface area contributed by atoms with Crippen LogP contribution in [0.3, 0.4) is 0 Å². The Kier molecular flexibility index (Phi) is 2.26. The van der Waals surface area contributed by atoms with Gasteiger partial charge in [0.15, 0.2) is 0 Å². The average Bonchev–Trinajstić information content (AvgIpc) is 2.72. The number of aromatic nitrogens is 2. The van der Waals surface area contributed by atoms with Crippen molar-refractivity contribution < 1.29 is 4.79 Å². The van der Waals surface area contributed by atoms with Crippen LogP contribution in [0.15, 0.2) is 30.4 Å². The zero-order valence-electron chi connectivity index (χ0n) is 9.23. The summed E-state index contributed by atoms with van der Waals surface area (Å²) < 4.78 is 0. The molecule has 1 aromatic rings. The van der Waals surface area contributed by atoms with Gasteiger partial charge in [-0.15, -0.1) is 0 Å². The summed E-state index contributed by atoms with van der Waals surface area (Å²) in [5.41, 5.74) is 3.73. The molecule has 1 atom stereocenters. The molecule has 5 nitrogen and oxygen atoms in total. The van der Waals surface area contributed by atoms with Crippen LogP contribution in [0.1, 0.15) is 11.3 Å². The lowest BCUT2D eigenvalue weighted by Crippen LogP contribution is -2.52. The number of hydrogen-bond acceptors (Lipinski definition) is 4. The van der Waals surface area contributed by atoms with E-state index in [-0.39, 0.29) is 11.9 Å². The Labute approximate surface area is 98.7 Å². The molecule has 1 amide bonds. The summed E-state index contributed by atoms with van der Waals surface area (Å²) in [5.74, 6) is -0.0479. The summed E-state index contributed by atoms with van der Waals surface area (Å²) in [4.78, 5) is 20.0. The SMILES string of the molecule is C=C1CNC(C2=Cc3ncncc3C2)C(=O)N1. The van der Waals surface area contributed by atoms with E-state index >= 15 is 0 Å². The lowest BCUT2D eigenvalue weighted by molar-refractivity contribution is -0.122. The number of nitrogens with one attached hydrogen (secondary N) is 2. The summed E-state index contributed by atoms with van der Waals surface area (Å²) in [7, 11) is 0. The van der Waals surface area contributed by atoms with Gasteiger partial charge in [0, 0.05) is 24.0 Å². The fraction of sp³-hybridized carbons (Fsp3) is 0.250. The molecule has 0 bridgehead atoms. The predicted octanol–water partition coefficient (Wildman–Crippen LogP) is 0.0178. The number of carbonyl (C=O) groups is 1. The molecule has 5 heteroatoms. The molecule has 0 aromatic carbocycles. The highest BCUT2D eigenvalue weighted by Crippen LogP contribution is 2.25. The van der Waals surface area contributed by atoms with E-state index in [4.69, 9.17) is 0 Å². The summed E-state index contributed by atoms with van der Waals surface area (Å²) in [5, 5.41) is 5.93. The maximum Gasteiger partial charge on any atom is 0.245 e. The van der Waals surface area contributed by atoms with Crippen LogP contribution in [0, 0.1) is 0 Å². The quantitative estimate of drug-likeness (QED) is 0.711. The van der Waals surface area contributed by atoms with Gasteiger partial charge in [-0.05, 0) is 18.1 Å². The molecule has 0 spiro atoms. The Morgan fingerprint density at radius 3 is 3.12 bits per heavy atom. The molecule has 1 aliphatic heterocycles. The van der Waals surface area contributed by atoms with Gasteiger partial charge in [-0.2, -0.15) is 0 Å². The van der Waals surface area contributed by atoms with E-state index in [0.717, 1.165) is 23.3 Å². The van der Waals surface area contributed by atoms with Gasteiger partial charge in [0.1, 0.15) is 12.4 Å². The van der Waals surface area contributed by atoms with Gasteiger partial charge in [-0.3, -0.25) is 10.1 Å². The van der Waals surface area contributed by atoms with Gasteiger partial charge < -0.3 is 5.32 Å². The molecule has 17 heavy (non-hydrogen) atoms. The zero-order chi connectivity index (χ0) is 11.8. The average molecular weight is 228 g/mol. The van der Waals surface area contributed by atoms with Crippen molar-refractivity contribution in [3.8, 4) is 0 Å². The molecule has 1 fully saturated rings. The van der Waals surface area contributed by atoms with Crippen LogP contribution < -0.4 is 10.6 Å². The maximum absolute atomic E-state index is 11.8. The normalized spacial score (nSPS) is 23.1. The van der Waals surface area contributed by atoms with Gasteiger partial charge in [-0.1, -0.05) is 6.58 Å². The van der Waals surface area contributed by atoms with Crippen molar-refractivity contribution in [2.75, 3.05) is 6.54 Å². The first-order chi connectivity index (χ1) is 8.24. The highest BCUT2D eigenvalue weighted by Gasteiger charge is 2.29. The molecule has 3 rings (SSSR count). The Balaban J connectivity index is 1.84. The first-order valence-electron chi connectivity index (χ1n) is 5.45. The second kappa shape index (κ2) is 3.78. The molecule has 1 aliphatic carbocycles. The number of hydrogen-bond donors (Lipinski definition) is 2. The van der Waals surface area contributed by atoms with Gasteiger partial charge in [0.25, 0.3) is 0 Å². The van der Waals surface area contributed by atoms with Gasteiger partial charge >= 0.3 is 0 Å². The van der Waals surface area contributed by atoms with Crippen LogP contribution in [0.4, 0.5) is 0 Å². The predicted molar refractivity (Wildman–Crippen MR) is 62.8 cm³/mol. The van der Waals surface area contributed by atoms with Crippen molar-refractivity contribution in [1.29, 1.82) is 0 Å². The summed E-state index contributed by atoms with van der Waals surface area (Å²) in [6, 6.07) is -0.283. The van der Waals surface area contributed by atoms with Crippen molar-refractivity contribution in [2.24, 2.45) is 0 Å². The minimum absolute atomic E-state index is 0.0479. The fourth-order valence-corrected chi connectivity index (χ4v) is 2.17. The van der Waals surface area contributed by atoms with E-state index in [9.17, 15) is 4.79 Å². The summed E-state index contributed by atoms with van der Waals surface area (Å²) >= 11 is 0. The van der Waals surface area contributed by atoms with Crippen LogP contribution >= 0.6 is 0 Å². The molecule has 1 unspecified atom stereocenters. The third-order valence-corrected chi connectivity index (χ3v) is 2.99. The first-order valence-corrected chi connectivity index (χ1v) is 5.45. The van der Waals surface area contributed by atoms with Crippen LogP contribution in [-0.2, 0) is 11.2 Å². The van der Waals surface area contributed by atoms with E-state index in [1.54, 1.807) is 6.20 Å². The third-order valence-electron chi connectivity index (χ3n) is 2.99. The van der Waals surface area contributed by atoms with Crippen LogP contribution in [0.2, 0.25) is 0 Å². The lowest BCUT2D eigenvalue weighted by atomic mass is 10.0. The van der Waals surface area contributed by atoms with Crippen molar-refractivity contribution in [3.63, 3.8) is 0 Å². The number of carbonyl (C=O) groups excluding carboxylic acids is 1. The van der Waals surface area contributed by atoms with Crippen molar-refractivity contribution in [3.05, 3.63) is 41.6 Å². The topological polar surface area (TPSA) is 66.9 Å². The number of amides is 1. The largest absolute Gasteiger partial charge is 0.327 e. The minimum atomic E-state index is -0.283. The molecular weight excluding hydrogens is 216 g/mol. The van der Waals surface area contributed by atoms with E-state index in [0.29, 0.717) is 12.2 Å². The first kappa shape index (κ1) is 10.2. The number of fused-ring (bicyclic) bond motifs is 1. The number of rotatable bonds is 1. The molecule has 0 saturated carbocycles. The number of nitrogens with zero attached hydrogens (tertiary/aromatic N) is 2. The highest BCUT2D eigenvalue weighted by atomic mass is 16.2.